The van der Waals surface area contributed by atoms with Gasteiger partial charge in [-0.1, -0.05) is 31.0 Å². The molecule has 120 valence electrons. The van der Waals surface area contributed by atoms with E-state index in [1.54, 1.807) is 6.07 Å². The molecule has 0 saturated heterocycles. The van der Waals surface area contributed by atoms with Crippen molar-refractivity contribution in [2.45, 2.75) is 57.9 Å². The van der Waals surface area contributed by atoms with E-state index >= 15 is 0 Å². The molecule has 1 aromatic rings. The largest absolute Gasteiger partial charge is 0.418 e. The Hall–Kier alpha value is -0.813. The van der Waals surface area contributed by atoms with Crippen molar-refractivity contribution in [1.82, 2.24) is 0 Å². The standard InChI is InChI=1S/C16H25F3OSi/c1-4-20-21(2,3)12-7-5-6-9-14-10-8-11-15(13-14)16(17,18)19/h8,10-11,13H,4-7,9,12H2,1-3H3. The molecular weight excluding hydrogens is 293 g/mol. The van der Waals surface area contributed by atoms with Gasteiger partial charge in [0.1, 0.15) is 0 Å². The van der Waals surface area contributed by atoms with Crippen LogP contribution in [0.3, 0.4) is 0 Å². The van der Waals surface area contributed by atoms with Crippen LogP contribution in [0.25, 0.3) is 0 Å². The van der Waals surface area contributed by atoms with Crippen LogP contribution in [0, 0.1) is 0 Å². The summed E-state index contributed by atoms with van der Waals surface area (Å²) in [4.78, 5) is 0. The molecule has 0 atom stereocenters. The molecule has 0 unspecified atom stereocenters. The van der Waals surface area contributed by atoms with Gasteiger partial charge in [0.05, 0.1) is 5.56 Å². The summed E-state index contributed by atoms with van der Waals surface area (Å²) in [5.41, 5.74) is 0.219. The Kier molecular flexibility index (Phi) is 6.94. The maximum absolute atomic E-state index is 12.6. The quantitative estimate of drug-likeness (QED) is 0.444. The second kappa shape index (κ2) is 7.99. The molecule has 0 amide bonds. The summed E-state index contributed by atoms with van der Waals surface area (Å²) in [5.74, 6) is 0. The van der Waals surface area contributed by atoms with E-state index in [4.69, 9.17) is 4.43 Å². The van der Waals surface area contributed by atoms with E-state index in [0.29, 0.717) is 6.42 Å². The second-order valence-electron chi connectivity index (χ2n) is 5.95. The van der Waals surface area contributed by atoms with Gasteiger partial charge >= 0.3 is 6.18 Å². The lowest BCUT2D eigenvalue weighted by atomic mass is 10.0. The second-order valence-corrected chi connectivity index (χ2v) is 10.3. The lowest BCUT2D eigenvalue weighted by Crippen LogP contribution is -2.29. The molecule has 0 bridgehead atoms. The van der Waals surface area contributed by atoms with Gasteiger partial charge in [0, 0.05) is 6.61 Å². The van der Waals surface area contributed by atoms with E-state index in [9.17, 15) is 13.2 Å². The van der Waals surface area contributed by atoms with Gasteiger partial charge in [-0.2, -0.15) is 13.2 Å². The summed E-state index contributed by atoms with van der Waals surface area (Å²) >= 11 is 0. The van der Waals surface area contributed by atoms with E-state index in [1.165, 1.54) is 12.1 Å². The number of rotatable bonds is 8. The summed E-state index contributed by atoms with van der Waals surface area (Å²) in [6, 6.07) is 6.76. The lowest BCUT2D eigenvalue weighted by molar-refractivity contribution is -0.137. The monoisotopic (exact) mass is 318 g/mol. The number of aryl methyl sites for hydroxylation is 1. The average Bonchev–Trinajstić information content (AvgIpc) is 2.37. The third kappa shape index (κ3) is 7.13. The molecule has 0 spiro atoms. The van der Waals surface area contributed by atoms with Crippen LogP contribution < -0.4 is 0 Å². The molecule has 1 rings (SSSR count). The number of hydrogen-bond acceptors (Lipinski definition) is 1. The van der Waals surface area contributed by atoms with Crippen LogP contribution >= 0.6 is 0 Å². The van der Waals surface area contributed by atoms with Gasteiger partial charge in [-0.3, -0.25) is 0 Å². The number of unbranched alkanes of at least 4 members (excludes halogenated alkanes) is 2. The van der Waals surface area contributed by atoms with E-state index in [1.807, 2.05) is 6.92 Å². The highest BCUT2D eigenvalue weighted by molar-refractivity contribution is 6.71. The Morgan fingerprint density at radius 2 is 1.81 bits per heavy atom. The van der Waals surface area contributed by atoms with Crippen molar-refractivity contribution in [2.24, 2.45) is 0 Å². The van der Waals surface area contributed by atoms with Crippen molar-refractivity contribution in [3.8, 4) is 0 Å². The first-order valence-corrected chi connectivity index (χ1v) is 10.7. The highest BCUT2D eigenvalue weighted by atomic mass is 28.4. The molecule has 0 aliphatic carbocycles. The van der Waals surface area contributed by atoms with Crippen molar-refractivity contribution in [2.75, 3.05) is 6.61 Å². The normalized spacial score (nSPS) is 12.7. The molecule has 0 radical (unpaired) electrons. The molecule has 0 N–H and O–H groups in total. The first-order valence-electron chi connectivity index (χ1n) is 7.55. The first-order chi connectivity index (χ1) is 9.74. The minimum atomic E-state index is -4.25. The zero-order valence-corrected chi connectivity index (χ0v) is 14.1. The lowest BCUT2D eigenvalue weighted by Gasteiger charge is -2.21. The van der Waals surface area contributed by atoms with Gasteiger partial charge in [-0.25, -0.2) is 0 Å². The Balaban J connectivity index is 2.34. The van der Waals surface area contributed by atoms with E-state index < -0.39 is 20.1 Å². The van der Waals surface area contributed by atoms with E-state index in [0.717, 1.165) is 43.5 Å². The fourth-order valence-corrected chi connectivity index (χ4v) is 4.45. The van der Waals surface area contributed by atoms with Crippen LogP contribution in [0.15, 0.2) is 24.3 Å². The van der Waals surface area contributed by atoms with Crippen molar-refractivity contribution < 1.29 is 17.6 Å². The molecule has 0 fully saturated rings. The molecule has 0 aromatic heterocycles. The first kappa shape index (κ1) is 18.2. The van der Waals surface area contributed by atoms with E-state index in [-0.39, 0.29) is 0 Å². The van der Waals surface area contributed by atoms with Crippen LogP contribution in [0.1, 0.15) is 37.3 Å². The number of halogens is 3. The van der Waals surface area contributed by atoms with Crippen LogP contribution in [-0.2, 0) is 17.0 Å². The molecule has 1 nitrogen and oxygen atoms in total. The van der Waals surface area contributed by atoms with Crippen LogP contribution in [0.2, 0.25) is 19.1 Å². The maximum atomic E-state index is 12.6. The van der Waals surface area contributed by atoms with Crippen LogP contribution in [0.5, 0.6) is 0 Å². The van der Waals surface area contributed by atoms with Gasteiger partial charge in [0.2, 0.25) is 0 Å². The predicted octanol–water partition coefficient (Wildman–Crippen LogP) is 5.66. The molecule has 21 heavy (non-hydrogen) atoms. The molecule has 0 aliphatic heterocycles. The average molecular weight is 318 g/mol. The maximum Gasteiger partial charge on any atom is 0.416 e. The Morgan fingerprint density at radius 1 is 1.10 bits per heavy atom. The Bertz CT molecular complexity index is 430. The summed E-state index contributed by atoms with van der Waals surface area (Å²) in [5, 5.41) is 0. The minimum Gasteiger partial charge on any atom is -0.418 e. The van der Waals surface area contributed by atoms with Gasteiger partial charge in [0.25, 0.3) is 0 Å². The van der Waals surface area contributed by atoms with Gasteiger partial charge in [-0.15, -0.1) is 0 Å². The molecule has 0 aliphatic rings. The van der Waals surface area contributed by atoms with Gasteiger partial charge in [-0.05, 0) is 50.5 Å². The summed E-state index contributed by atoms with van der Waals surface area (Å²) in [7, 11) is -1.52. The highest BCUT2D eigenvalue weighted by Gasteiger charge is 2.30. The van der Waals surface area contributed by atoms with E-state index in [2.05, 4.69) is 13.1 Å². The van der Waals surface area contributed by atoms with Crippen LogP contribution in [-0.4, -0.2) is 14.9 Å². The summed E-state index contributed by atoms with van der Waals surface area (Å²) < 4.78 is 43.6. The number of alkyl halides is 3. The Morgan fingerprint density at radius 3 is 2.43 bits per heavy atom. The van der Waals surface area contributed by atoms with Crippen molar-refractivity contribution in [1.29, 1.82) is 0 Å². The number of hydrogen-bond donors (Lipinski definition) is 0. The van der Waals surface area contributed by atoms with Gasteiger partial charge in [0.15, 0.2) is 8.32 Å². The molecule has 5 heteroatoms. The zero-order valence-electron chi connectivity index (χ0n) is 13.1. The summed E-state index contributed by atoms with van der Waals surface area (Å²) in [6.45, 7) is 7.21. The number of benzene rings is 1. The van der Waals surface area contributed by atoms with Gasteiger partial charge < -0.3 is 4.43 Å². The van der Waals surface area contributed by atoms with Crippen LogP contribution in [0.4, 0.5) is 13.2 Å². The van der Waals surface area contributed by atoms with Crippen molar-refractivity contribution in [3.63, 3.8) is 0 Å². The molecule has 1 aromatic carbocycles. The minimum absolute atomic E-state index is 0.551. The SMILES string of the molecule is CCO[Si](C)(C)CCCCCc1cccc(C(F)(F)F)c1. The topological polar surface area (TPSA) is 9.23 Å². The zero-order chi connectivity index (χ0) is 15.9. The fraction of sp³-hybridized carbons (Fsp3) is 0.625. The Labute approximate surface area is 126 Å². The predicted molar refractivity (Wildman–Crippen MR) is 82.9 cm³/mol. The molecule has 0 saturated carbocycles. The van der Waals surface area contributed by atoms with Crippen molar-refractivity contribution >= 4 is 8.32 Å². The molecular formula is C16H25F3OSi. The third-order valence-electron chi connectivity index (χ3n) is 3.53. The van der Waals surface area contributed by atoms with Crippen molar-refractivity contribution in [3.05, 3.63) is 35.4 Å². The molecule has 0 heterocycles. The fourth-order valence-electron chi connectivity index (χ4n) is 2.42. The third-order valence-corrected chi connectivity index (χ3v) is 6.16. The smallest absolute Gasteiger partial charge is 0.416 e. The highest BCUT2D eigenvalue weighted by Crippen LogP contribution is 2.29. The summed E-state index contributed by atoms with van der Waals surface area (Å²) in [6.07, 6.45) is -0.473.